The van der Waals surface area contributed by atoms with Crippen LogP contribution in [-0.4, -0.2) is 45.2 Å². The lowest BCUT2D eigenvalue weighted by Crippen LogP contribution is -2.19. The first kappa shape index (κ1) is 19.8. The van der Waals surface area contributed by atoms with Gasteiger partial charge in [-0.2, -0.15) is 10.2 Å². The first-order chi connectivity index (χ1) is 15.1. The summed E-state index contributed by atoms with van der Waals surface area (Å²) >= 11 is 0. The number of nitrogens with zero attached hydrogens (tertiary/aromatic N) is 4. The molecule has 4 aromatic rings. The average Bonchev–Trinajstić information content (AvgIpc) is 3.41. The molecule has 0 spiro atoms. The summed E-state index contributed by atoms with van der Waals surface area (Å²) in [7, 11) is 1.85. The molecule has 7 nitrogen and oxygen atoms in total. The highest BCUT2D eigenvalue weighted by atomic mass is 19.1. The van der Waals surface area contributed by atoms with E-state index >= 15 is 0 Å². The van der Waals surface area contributed by atoms with Gasteiger partial charge in [0.25, 0.3) is 0 Å². The summed E-state index contributed by atoms with van der Waals surface area (Å²) in [6.45, 7) is 4.06. The van der Waals surface area contributed by atoms with Crippen LogP contribution in [0.4, 0.5) is 4.39 Å². The van der Waals surface area contributed by atoms with E-state index in [1.54, 1.807) is 12.3 Å². The normalized spacial score (nSPS) is 15.1. The Hall–Kier alpha value is -3.10. The van der Waals surface area contributed by atoms with Crippen molar-refractivity contribution in [2.24, 2.45) is 0 Å². The second kappa shape index (κ2) is 8.20. The van der Waals surface area contributed by atoms with E-state index in [0.29, 0.717) is 23.8 Å². The van der Waals surface area contributed by atoms with Crippen LogP contribution in [0.15, 0.2) is 36.8 Å². The summed E-state index contributed by atoms with van der Waals surface area (Å²) in [5, 5.41) is 16.1. The van der Waals surface area contributed by atoms with E-state index in [1.807, 2.05) is 43.2 Å². The molecule has 1 aromatic carbocycles. The largest absolute Gasteiger partial charge is 0.381 e. The minimum absolute atomic E-state index is 0.269. The molecule has 0 amide bonds. The number of aromatic amines is 1. The zero-order valence-corrected chi connectivity index (χ0v) is 17.7. The van der Waals surface area contributed by atoms with Gasteiger partial charge >= 0.3 is 0 Å². The van der Waals surface area contributed by atoms with Crippen LogP contribution in [-0.2, 0) is 11.3 Å². The van der Waals surface area contributed by atoms with E-state index in [2.05, 4.69) is 25.6 Å². The Morgan fingerprint density at radius 3 is 2.84 bits per heavy atom. The van der Waals surface area contributed by atoms with Gasteiger partial charge < -0.3 is 10.1 Å². The van der Waals surface area contributed by atoms with Crippen molar-refractivity contribution in [3.05, 3.63) is 53.7 Å². The molecule has 0 bridgehead atoms. The molecule has 0 saturated carbocycles. The van der Waals surface area contributed by atoms with Gasteiger partial charge in [-0.25, -0.2) is 4.39 Å². The number of rotatable bonds is 5. The van der Waals surface area contributed by atoms with E-state index in [4.69, 9.17) is 4.74 Å². The molecular formula is C23H25FN6O. The van der Waals surface area contributed by atoms with E-state index in [-0.39, 0.29) is 5.82 Å². The topological polar surface area (TPSA) is 80.6 Å². The molecule has 31 heavy (non-hydrogen) atoms. The van der Waals surface area contributed by atoms with Gasteiger partial charge in [0.1, 0.15) is 11.5 Å². The first-order valence-corrected chi connectivity index (χ1v) is 10.5. The van der Waals surface area contributed by atoms with Crippen LogP contribution in [0.1, 0.15) is 30.0 Å². The van der Waals surface area contributed by atoms with Crippen molar-refractivity contribution in [1.29, 1.82) is 0 Å². The molecule has 1 aliphatic rings. The average molecular weight is 420 g/mol. The summed E-state index contributed by atoms with van der Waals surface area (Å²) in [5.74, 6) is -0.269. The highest BCUT2D eigenvalue weighted by Crippen LogP contribution is 2.32. The lowest BCUT2D eigenvalue weighted by atomic mass is 10.00. The summed E-state index contributed by atoms with van der Waals surface area (Å²) in [5.41, 5.74) is 5.41. The summed E-state index contributed by atoms with van der Waals surface area (Å²) < 4.78 is 22.4. The Labute approximate surface area is 179 Å². The third-order valence-corrected chi connectivity index (χ3v) is 5.87. The fourth-order valence-electron chi connectivity index (χ4n) is 4.33. The standard InChI is InChI=1S/C23H25FN6O/c1-14-7-15(10-25-2)8-19(24)22(14)20-9-18-21(12-26-20)28-29-23(18)16-11-27-30(13-16)17-3-5-31-6-4-17/h7-9,11-13,17,25H,3-6,10H2,1-2H3,(H,28,29). The number of pyridine rings is 1. The second-order valence-electron chi connectivity index (χ2n) is 8.04. The molecule has 8 heteroatoms. The van der Waals surface area contributed by atoms with Gasteiger partial charge in [-0.1, -0.05) is 6.07 Å². The molecule has 0 aliphatic carbocycles. The molecule has 5 rings (SSSR count). The van der Waals surface area contributed by atoms with Crippen LogP contribution in [0.5, 0.6) is 0 Å². The molecule has 3 aromatic heterocycles. The number of nitrogens with one attached hydrogen (secondary N) is 2. The van der Waals surface area contributed by atoms with Crippen molar-refractivity contribution in [3.63, 3.8) is 0 Å². The number of hydrogen-bond acceptors (Lipinski definition) is 5. The molecule has 4 heterocycles. The van der Waals surface area contributed by atoms with Gasteiger partial charge in [-0.05, 0) is 50.1 Å². The van der Waals surface area contributed by atoms with Crippen LogP contribution in [0.3, 0.4) is 0 Å². The molecule has 160 valence electrons. The third-order valence-electron chi connectivity index (χ3n) is 5.87. The van der Waals surface area contributed by atoms with Gasteiger partial charge in [0, 0.05) is 42.5 Å². The number of H-pyrrole nitrogens is 1. The van der Waals surface area contributed by atoms with Gasteiger partial charge in [0.05, 0.1) is 29.6 Å². The van der Waals surface area contributed by atoms with E-state index in [0.717, 1.165) is 59.3 Å². The van der Waals surface area contributed by atoms with E-state index in [9.17, 15) is 4.39 Å². The number of benzene rings is 1. The van der Waals surface area contributed by atoms with Crippen molar-refractivity contribution >= 4 is 10.9 Å². The Kier molecular flexibility index (Phi) is 5.25. The predicted molar refractivity (Wildman–Crippen MR) is 117 cm³/mol. The van der Waals surface area contributed by atoms with Crippen LogP contribution < -0.4 is 5.32 Å². The van der Waals surface area contributed by atoms with Crippen LogP contribution in [0.25, 0.3) is 33.4 Å². The molecule has 0 atom stereocenters. The molecule has 1 fully saturated rings. The van der Waals surface area contributed by atoms with E-state index in [1.165, 1.54) is 0 Å². The maximum absolute atomic E-state index is 15.0. The lowest BCUT2D eigenvalue weighted by molar-refractivity contribution is 0.0662. The van der Waals surface area contributed by atoms with E-state index < -0.39 is 0 Å². The van der Waals surface area contributed by atoms with Crippen molar-refractivity contribution in [2.75, 3.05) is 20.3 Å². The maximum atomic E-state index is 15.0. The number of ether oxygens (including phenoxy) is 1. The van der Waals surface area contributed by atoms with Gasteiger partial charge in [-0.3, -0.25) is 14.8 Å². The van der Waals surface area contributed by atoms with Crippen molar-refractivity contribution in [1.82, 2.24) is 30.3 Å². The zero-order valence-electron chi connectivity index (χ0n) is 17.7. The highest BCUT2D eigenvalue weighted by molar-refractivity contribution is 5.94. The minimum atomic E-state index is -0.269. The van der Waals surface area contributed by atoms with Gasteiger partial charge in [0.15, 0.2) is 0 Å². The molecule has 1 saturated heterocycles. The van der Waals surface area contributed by atoms with Crippen molar-refractivity contribution in [2.45, 2.75) is 32.4 Å². The number of hydrogen-bond donors (Lipinski definition) is 2. The predicted octanol–water partition coefficient (Wildman–Crippen LogP) is 4.01. The second-order valence-corrected chi connectivity index (χ2v) is 8.04. The minimum Gasteiger partial charge on any atom is -0.381 e. The Morgan fingerprint density at radius 1 is 1.23 bits per heavy atom. The first-order valence-electron chi connectivity index (χ1n) is 10.5. The lowest BCUT2D eigenvalue weighted by Gasteiger charge is -2.22. The summed E-state index contributed by atoms with van der Waals surface area (Å²) in [4.78, 5) is 4.50. The Bertz CT molecular complexity index is 1200. The molecule has 0 radical (unpaired) electrons. The molecule has 2 N–H and O–H groups in total. The number of fused-ring (bicyclic) bond motifs is 1. The van der Waals surface area contributed by atoms with Gasteiger partial charge in [0.2, 0.25) is 0 Å². The monoisotopic (exact) mass is 420 g/mol. The quantitative estimate of drug-likeness (QED) is 0.510. The highest BCUT2D eigenvalue weighted by Gasteiger charge is 2.19. The summed E-state index contributed by atoms with van der Waals surface area (Å²) in [6, 6.07) is 5.81. The third kappa shape index (κ3) is 3.73. The maximum Gasteiger partial charge on any atom is 0.133 e. The Morgan fingerprint density at radius 2 is 2.06 bits per heavy atom. The number of aryl methyl sites for hydroxylation is 1. The zero-order chi connectivity index (χ0) is 21.4. The Balaban J connectivity index is 1.53. The summed E-state index contributed by atoms with van der Waals surface area (Å²) in [6.07, 6.45) is 7.50. The number of halogens is 1. The smallest absolute Gasteiger partial charge is 0.133 e. The van der Waals surface area contributed by atoms with Crippen LogP contribution in [0, 0.1) is 12.7 Å². The van der Waals surface area contributed by atoms with Gasteiger partial charge in [-0.15, -0.1) is 0 Å². The molecule has 0 unspecified atom stereocenters. The fourth-order valence-corrected chi connectivity index (χ4v) is 4.33. The SMILES string of the molecule is CNCc1cc(C)c(-c2cc3c(-c4cnn(C5CCOCC5)c4)n[nH]c3cn2)c(F)c1. The molecular weight excluding hydrogens is 395 g/mol. The fraction of sp³-hybridized carbons (Fsp3) is 0.348. The van der Waals surface area contributed by atoms with Crippen molar-refractivity contribution < 1.29 is 9.13 Å². The molecule has 1 aliphatic heterocycles. The van der Waals surface area contributed by atoms with Crippen LogP contribution in [0.2, 0.25) is 0 Å². The number of aromatic nitrogens is 5. The van der Waals surface area contributed by atoms with Crippen molar-refractivity contribution in [3.8, 4) is 22.5 Å². The van der Waals surface area contributed by atoms with Crippen LogP contribution >= 0.6 is 0 Å².